The lowest BCUT2D eigenvalue weighted by Crippen LogP contribution is -2.39. The van der Waals surface area contributed by atoms with Crippen LogP contribution in [0.1, 0.15) is 12.8 Å². The summed E-state index contributed by atoms with van der Waals surface area (Å²) in [7, 11) is 0. The van der Waals surface area contributed by atoms with E-state index in [-0.39, 0.29) is 12.0 Å². The summed E-state index contributed by atoms with van der Waals surface area (Å²) < 4.78 is 19.3. The fourth-order valence-corrected chi connectivity index (χ4v) is 2.91. The molecule has 7 heteroatoms. The molecule has 0 saturated carbocycles. The first-order valence-electron chi connectivity index (χ1n) is 7.61. The smallest absolute Gasteiger partial charge is 0.250 e. The molecule has 0 spiro atoms. The Morgan fingerprint density at radius 1 is 1.17 bits per heavy atom. The van der Waals surface area contributed by atoms with E-state index >= 15 is 0 Å². The number of halogens is 1. The van der Waals surface area contributed by atoms with Crippen LogP contribution in [0.4, 0.5) is 10.2 Å². The van der Waals surface area contributed by atoms with Crippen LogP contribution in [0.2, 0.25) is 0 Å². The summed E-state index contributed by atoms with van der Waals surface area (Å²) in [6.45, 7) is 1.60. The maximum absolute atomic E-state index is 13.6. The molecule has 4 heterocycles. The molecule has 0 atom stereocenters. The van der Waals surface area contributed by atoms with E-state index in [1.807, 2.05) is 12.3 Å². The van der Waals surface area contributed by atoms with Gasteiger partial charge in [0, 0.05) is 38.3 Å². The van der Waals surface area contributed by atoms with E-state index in [2.05, 4.69) is 24.8 Å². The number of pyridine rings is 1. The molecular weight excluding hydrogens is 297 g/mol. The third-order valence-corrected chi connectivity index (χ3v) is 4.08. The Balaban J connectivity index is 1.45. The van der Waals surface area contributed by atoms with E-state index in [9.17, 15) is 4.39 Å². The molecular formula is C16H16FN5O. The molecule has 0 aliphatic carbocycles. The number of piperidine rings is 1. The van der Waals surface area contributed by atoms with E-state index in [1.165, 1.54) is 12.3 Å². The van der Waals surface area contributed by atoms with E-state index in [0.717, 1.165) is 42.8 Å². The molecule has 6 nitrogen and oxygen atoms in total. The summed E-state index contributed by atoms with van der Waals surface area (Å²) in [4.78, 5) is 17.9. The number of anilines is 1. The second-order valence-electron chi connectivity index (χ2n) is 5.53. The standard InChI is InChI=1S/C16H16FN5O/c17-13-2-1-6-19-16(13)23-11-4-8-22(9-5-11)15-12-3-7-18-14(12)20-10-21-15/h1-3,6-7,10-11H,4-5,8-9H2,(H,18,20,21). The monoisotopic (exact) mass is 313 g/mol. The number of nitrogens with zero attached hydrogens (tertiary/aromatic N) is 4. The van der Waals surface area contributed by atoms with E-state index in [0.29, 0.717) is 0 Å². The van der Waals surface area contributed by atoms with Crippen molar-refractivity contribution in [2.24, 2.45) is 0 Å². The van der Waals surface area contributed by atoms with Gasteiger partial charge in [0.25, 0.3) is 5.88 Å². The number of rotatable bonds is 3. The number of aromatic nitrogens is 4. The number of aromatic amines is 1. The minimum Gasteiger partial charge on any atom is -0.472 e. The second kappa shape index (κ2) is 5.83. The van der Waals surface area contributed by atoms with Gasteiger partial charge in [-0.15, -0.1) is 0 Å². The molecule has 1 aliphatic rings. The van der Waals surface area contributed by atoms with Gasteiger partial charge in [-0.25, -0.2) is 19.3 Å². The molecule has 1 N–H and O–H groups in total. The first-order valence-corrected chi connectivity index (χ1v) is 7.61. The predicted molar refractivity (Wildman–Crippen MR) is 83.9 cm³/mol. The first-order chi connectivity index (χ1) is 11.3. The molecule has 3 aromatic rings. The quantitative estimate of drug-likeness (QED) is 0.805. The summed E-state index contributed by atoms with van der Waals surface area (Å²) in [6, 6.07) is 4.90. The number of fused-ring (bicyclic) bond motifs is 1. The van der Waals surface area contributed by atoms with Gasteiger partial charge >= 0.3 is 0 Å². The zero-order valence-corrected chi connectivity index (χ0v) is 12.4. The highest BCUT2D eigenvalue weighted by Crippen LogP contribution is 2.26. The summed E-state index contributed by atoms with van der Waals surface area (Å²) >= 11 is 0. The van der Waals surface area contributed by atoms with Crippen molar-refractivity contribution in [3.05, 3.63) is 42.7 Å². The van der Waals surface area contributed by atoms with Crippen LogP contribution in [-0.4, -0.2) is 39.1 Å². The van der Waals surface area contributed by atoms with Crippen LogP contribution in [0.15, 0.2) is 36.9 Å². The van der Waals surface area contributed by atoms with Crippen molar-refractivity contribution in [3.8, 4) is 5.88 Å². The normalized spacial score (nSPS) is 16.0. The van der Waals surface area contributed by atoms with Gasteiger partial charge in [0.05, 0.1) is 5.39 Å². The van der Waals surface area contributed by atoms with Gasteiger partial charge in [-0.1, -0.05) is 0 Å². The summed E-state index contributed by atoms with van der Waals surface area (Å²) in [5, 5.41) is 1.02. The molecule has 1 aliphatic heterocycles. The van der Waals surface area contributed by atoms with Crippen LogP contribution < -0.4 is 9.64 Å². The molecule has 1 saturated heterocycles. The van der Waals surface area contributed by atoms with E-state index in [4.69, 9.17) is 4.74 Å². The van der Waals surface area contributed by atoms with Crippen molar-refractivity contribution in [2.75, 3.05) is 18.0 Å². The highest BCUT2D eigenvalue weighted by atomic mass is 19.1. The van der Waals surface area contributed by atoms with Crippen LogP contribution in [0.5, 0.6) is 5.88 Å². The van der Waals surface area contributed by atoms with Crippen molar-refractivity contribution >= 4 is 16.9 Å². The van der Waals surface area contributed by atoms with Crippen LogP contribution in [0.25, 0.3) is 11.0 Å². The molecule has 0 amide bonds. The van der Waals surface area contributed by atoms with Crippen molar-refractivity contribution in [1.29, 1.82) is 0 Å². The molecule has 118 valence electrons. The molecule has 0 aromatic carbocycles. The predicted octanol–water partition coefficient (Wildman–Crippen LogP) is 2.54. The zero-order chi connectivity index (χ0) is 15.6. The molecule has 3 aromatic heterocycles. The van der Waals surface area contributed by atoms with Crippen molar-refractivity contribution in [2.45, 2.75) is 18.9 Å². The van der Waals surface area contributed by atoms with E-state index < -0.39 is 5.82 Å². The fraction of sp³-hybridized carbons (Fsp3) is 0.312. The summed E-state index contributed by atoms with van der Waals surface area (Å²) in [5.41, 5.74) is 0.837. The first kappa shape index (κ1) is 13.9. The van der Waals surface area contributed by atoms with Crippen LogP contribution >= 0.6 is 0 Å². The largest absolute Gasteiger partial charge is 0.472 e. The van der Waals surface area contributed by atoms with Gasteiger partial charge in [-0.05, 0) is 18.2 Å². The Hall–Kier alpha value is -2.70. The Labute approximate surface area is 132 Å². The molecule has 0 unspecified atom stereocenters. The second-order valence-corrected chi connectivity index (χ2v) is 5.53. The Morgan fingerprint density at radius 2 is 2.04 bits per heavy atom. The zero-order valence-electron chi connectivity index (χ0n) is 12.4. The lowest BCUT2D eigenvalue weighted by Gasteiger charge is -2.32. The molecule has 23 heavy (non-hydrogen) atoms. The third kappa shape index (κ3) is 2.69. The Morgan fingerprint density at radius 3 is 2.87 bits per heavy atom. The number of hydrogen-bond acceptors (Lipinski definition) is 5. The average Bonchev–Trinajstić information content (AvgIpc) is 3.06. The highest BCUT2D eigenvalue weighted by molar-refractivity contribution is 5.87. The van der Waals surface area contributed by atoms with Gasteiger partial charge in [-0.2, -0.15) is 0 Å². The lowest BCUT2D eigenvalue weighted by atomic mass is 10.1. The molecule has 0 bridgehead atoms. The maximum Gasteiger partial charge on any atom is 0.250 e. The van der Waals surface area contributed by atoms with E-state index in [1.54, 1.807) is 12.4 Å². The Kier molecular flexibility index (Phi) is 3.53. The van der Waals surface area contributed by atoms with Crippen molar-refractivity contribution < 1.29 is 9.13 Å². The summed E-state index contributed by atoms with van der Waals surface area (Å²) in [6.07, 6.45) is 6.54. The maximum atomic E-state index is 13.6. The number of H-pyrrole nitrogens is 1. The average molecular weight is 313 g/mol. The van der Waals surface area contributed by atoms with Gasteiger partial charge < -0.3 is 14.6 Å². The van der Waals surface area contributed by atoms with Crippen molar-refractivity contribution in [1.82, 2.24) is 19.9 Å². The minimum absolute atomic E-state index is 0.0285. The van der Waals surface area contributed by atoms with Crippen LogP contribution in [-0.2, 0) is 0 Å². The fourth-order valence-electron chi connectivity index (χ4n) is 2.91. The van der Waals surface area contributed by atoms with Gasteiger partial charge in [0.1, 0.15) is 23.9 Å². The number of ether oxygens (including phenoxy) is 1. The Bertz CT molecular complexity index is 813. The number of nitrogens with one attached hydrogen (secondary N) is 1. The topological polar surface area (TPSA) is 66.9 Å². The van der Waals surface area contributed by atoms with Crippen molar-refractivity contribution in [3.63, 3.8) is 0 Å². The highest BCUT2D eigenvalue weighted by Gasteiger charge is 2.24. The van der Waals surface area contributed by atoms with Gasteiger partial charge in [0.15, 0.2) is 5.82 Å². The summed E-state index contributed by atoms with van der Waals surface area (Å²) in [5.74, 6) is 0.597. The molecule has 4 rings (SSSR count). The van der Waals surface area contributed by atoms with Crippen LogP contribution in [0.3, 0.4) is 0 Å². The minimum atomic E-state index is -0.417. The van der Waals surface area contributed by atoms with Gasteiger partial charge in [-0.3, -0.25) is 0 Å². The van der Waals surface area contributed by atoms with Gasteiger partial charge in [0.2, 0.25) is 0 Å². The lowest BCUT2D eigenvalue weighted by molar-refractivity contribution is 0.156. The number of hydrogen-bond donors (Lipinski definition) is 1. The SMILES string of the molecule is Fc1cccnc1OC1CCN(c2ncnc3[nH]ccc23)CC1. The third-order valence-electron chi connectivity index (χ3n) is 4.08. The van der Waals surface area contributed by atoms with Crippen LogP contribution in [0, 0.1) is 5.82 Å². The molecule has 1 fully saturated rings. The molecule has 0 radical (unpaired) electrons.